The number of ether oxygens (including phenoxy) is 1. The first kappa shape index (κ1) is 17.1. The summed E-state index contributed by atoms with van der Waals surface area (Å²) in [7, 11) is -5.12. The summed E-state index contributed by atoms with van der Waals surface area (Å²) >= 11 is 0. The summed E-state index contributed by atoms with van der Waals surface area (Å²) < 4.78 is 53.6. The molecule has 0 fully saturated rings. The smallest absolute Gasteiger partial charge is 0.244 e. The van der Waals surface area contributed by atoms with E-state index in [9.17, 15) is 16.8 Å². The van der Waals surface area contributed by atoms with Crippen molar-refractivity contribution in [2.24, 2.45) is 5.14 Å². The maximum atomic E-state index is 12.4. The van der Waals surface area contributed by atoms with Gasteiger partial charge in [0.1, 0.15) is 9.79 Å². The van der Waals surface area contributed by atoms with E-state index in [0.29, 0.717) is 13.0 Å². The normalized spacial score (nSPS) is 12.8. The Bertz CT molecular complexity index is 655. The molecule has 0 aliphatic rings. The number of nitrogens with zero attached hydrogens (tertiary/aromatic N) is 1. The quantitative estimate of drug-likeness (QED) is 0.711. The molecule has 0 spiro atoms. The molecular weight excluding hydrogens is 304 g/mol. The van der Waals surface area contributed by atoms with Gasteiger partial charge < -0.3 is 4.74 Å². The maximum Gasteiger partial charge on any atom is 0.244 e. The van der Waals surface area contributed by atoms with E-state index in [1.165, 1.54) is 38.4 Å². The molecule has 0 saturated heterocycles. The van der Waals surface area contributed by atoms with Crippen LogP contribution in [0.5, 0.6) is 0 Å². The van der Waals surface area contributed by atoms with Crippen LogP contribution in [-0.4, -0.2) is 48.4 Å². The van der Waals surface area contributed by atoms with Crippen LogP contribution in [0.4, 0.5) is 0 Å². The first-order valence-electron chi connectivity index (χ1n) is 5.78. The molecule has 20 heavy (non-hydrogen) atoms. The van der Waals surface area contributed by atoms with Crippen LogP contribution in [0.1, 0.15) is 6.42 Å². The minimum absolute atomic E-state index is 0.217. The maximum absolute atomic E-state index is 12.4. The van der Waals surface area contributed by atoms with Crippen molar-refractivity contribution in [3.8, 4) is 0 Å². The number of sulfonamides is 2. The van der Waals surface area contributed by atoms with Crippen LogP contribution >= 0.6 is 0 Å². The van der Waals surface area contributed by atoms with Gasteiger partial charge in [0.15, 0.2) is 0 Å². The minimum atomic E-state index is -4.11. The molecule has 0 aliphatic heterocycles. The first-order chi connectivity index (χ1) is 9.21. The SMILES string of the molecule is COCCCN(C)S(=O)(=O)c1ccccc1S(N)(=O)=O. The van der Waals surface area contributed by atoms with Crippen molar-refractivity contribution < 1.29 is 21.6 Å². The largest absolute Gasteiger partial charge is 0.385 e. The molecule has 0 aromatic heterocycles. The van der Waals surface area contributed by atoms with E-state index in [4.69, 9.17) is 9.88 Å². The second-order valence-electron chi connectivity index (χ2n) is 4.16. The second kappa shape index (κ2) is 6.64. The summed E-state index contributed by atoms with van der Waals surface area (Å²) in [4.78, 5) is -0.721. The molecular formula is C11H18N2O5S2. The molecule has 0 unspecified atom stereocenters. The van der Waals surface area contributed by atoms with Crippen LogP contribution in [-0.2, 0) is 24.8 Å². The summed E-state index contributed by atoms with van der Waals surface area (Å²) in [5.74, 6) is 0. The van der Waals surface area contributed by atoms with E-state index in [1.807, 2.05) is 0 Å². The third-order valence-corrected chi connectivity index (χ3v) is 5.68. The molecule has 0 radical (unpaired) electrons. The zero-order valence-electron chi connectivity index (χ0n) is 11.3. The molecule has 7 nitrogen and oxygen atoms in total. The Morgan fingerprint density at radius 3 is 2.20 bits per heavy atom. The fourth-order valence-electron chi connectivity index (χ4n) is 1.62. The van der Waals surface area contributed by atoms with Crippen LogP contribution in [0.25, 0.3) is 0 Å². The molecule has 0 atom stereocenters. The van der Waals surface area contributed by atoms with Gasteiger partial charge in [0.2, 0.25) is 20.0 Å². The summed E-state index contributed by atoms with van der Waals surface area (Å²) in [5, 5.41) is 5.05. The Morgan fingerprint density at radius 1 is 1.15 bits per heavy atom. The standard InChI is InChI=1S/C11H18N2O5S2/c1-13(8-5-9-18-2)20(16,17)11-7-4-3-6-10(11)19(12,14)15/h3-4,6-7H,5,8-9H2,1-2H3,(H2,12,14,15). The molecule has 0 saturated carbocycles. The van der Waals surface area contributed by atoms with Crippen molar-refractivity contribution in [2.45, 2.75) is 16.2 Å². The Hall–Kier alpha value is -1.00. The second-order valence-corrected chi connectivity index (χ2v) is 7.71. The fraction of sp³-hybridized carbons (Fsp3) is 0.455. The molecule has 9 heteroatoms. The predicted molar refractivity (Wildman–Crippen MR) is 74.1 cm³/mol. The highest BCUT2D eigenvalue weighted by molar-refractivity contribution is 7.92. The van der Waals surface area contributed by atoms with Gasteiger partial charge in [-0.05, 0) is 18.6 Å². The molecule has 0 bridgehead atoms. The van der Waals surface area contributed by atoms with Crippen LogP contribution in [0.2, 0.25) is 0 Å². The van der Waals surface area contributed by atoms with E-state index >= 15 is 0 Å². The van der Waals surface area contributed by atoms with E-state index in [-0.39, 0.29) is 11.4 Å². The topological polar surface area (TPSA) is 107 Å². The van der Waals surface area contributed by atoms with Crippen molar-refractivity contribution in [2.75, 3.05) is 27.3 Å². The van der Waals surface area contributed by atoms with Gasteiger partial charge in [0.05, 0.1) is 0 Å². The third kappa shape index (κ3) is 4.00. The molecule has 1 rings (SSSR count). The number of methoxy groups -OCH3 is 1. The predicted octanol–water partition coefficient (Wildman–Crippen LogP) is -0.00900. The van der Waals surface area contributed by atoms with Gasteiger partial charge >= 0.3 is 0 Å². The van der Waals surface area contributed by atoms with Gasteiger partial charge in [0.25, 0.3) is 0 Å². The molecule has 2 N–H and O–H groups in total. The van der Waals surface area contributed by atoms with Gasteiger partial charge in [0, 0.05) is 27.3 Å². The zero-order chi connectivity index (χ0) is 15.4. The van der Waals surface area contributed by atoms with Crippen LogP contribution in [0, 0.1) is 0 Å². The molecule has 114 valence electrons. The monoisotopic (exact) mass is 322 g/mol. The summed E-state index contributed by atoms with van der Waals surface area (Å²) in [6, 6.07) is 5.27. The average Bonchev–Trinajstić information content (AvgIpc) is 2.38. The number of rotatable bonds is 7. The van der Waals surface area contributed by atoms with Crippen molar-refractivity contribution in [1.82, 2.24) is 4.31 Å². The summed E-state index contributed by atoms with van der Waals surface area (Å²) in [6.07, 6.45) is 0.504. The lowest BCUT2D eigenvalue weighted by molar-refractivity contribution is 0.189. The minimum Gasteiger partial charge on any atom is -0.385 e. The van der Waals surface area contributed by atoms with Crippen LogP contribution in [0.15, 0.2) is 34.1 Å². The Labute approximate surface area is 119 Å². The van der Waals surface area contributed by atoms with Crippen molar-refractivity contribution in [3.63, 3.8) is 0 Å². The number of primary sulfonamides is 1. The molecule has 0 heterocycles. The third-order valence-electron chi connectivity index (χ3n) is 2.67. The lowest BCUT2D eigenvalue weighted by Crippen LogP contribution is -2.30. The van der Waals surface area contributed by atoms with Crippen molar-refractivity contribution in [3.05, 3.63) is 24.3 Å². The lowest BCUT2D eigenvalue weighted by Gasteiger charge is -2.18. The number of hydrogen-bond donors (Lipinski definition) is 1. The Balaban J connectivity index is 3.17. The molecule has 1 aromatic rings. The van der Waals surface area contributed by atoms with E-state index in [0.717, 1.165) is 4.31 Å². The summed E-state index contributed by atoms with van der Waals surface area (Å²) in [6.45, 7) is 0.631. The van der Waals surface area contributed by atoms with E-state index in [1.54, 1.807) is 0 Å². The fourth-order valence-corrected chi connectivity index (χ4v) is 4.18. The summed E-state index contributed by atoms with van der Waals surface area (Å²) in [5.41, 5.74) is 0. The van der Waals surface area contributed by atoms with E-state index in [2.05, 4.69) is 0 Å². The van der Waals surface area contributed by atoms with Gasteiger partial charge in [-0.1, -0.05) is 12.1 Å². The lowest BCUT2D eigenvalue weighted by atomic mass is 10.4. The number of nitrogens with two attached hydrogens (primary N) is 1. The van der Waals surface area contributed by atoms with Crippen LogP contribution in [0.3, 0.4) is 0 Å². The van der Waals surface area contributed by atoms with Gasteiger partial charge in [-0.25, -0.2) is 26.3 Å². The molecule has 1 aromatic carbocycles. The number of benzene rings is 1. The Kier molecular flexibility index (Phi) is 5.66. The highest BCUT2D eigenvalue weighted by atomic mass is 32.2. The van der Waals surface area contributed by atoms with Gasteiger partial charge in [-0.2, -0.15) is 0 Å². The molecule has 0 amide bonds. The van der Waals surface area contributed by atoms with Crippen LogP contribution < -0.4 is 5.14 Å². The van der Waals surface area contributed by atoms with Gasteiger partial charge in [-0.15, -0.1) is 0 Å². The molecule has 0 aliphatic carbocycles. The van der Waals surface area contributed by atoms with Crippen molar-refractivity contribution in [1.29, 1.82) is 0 Å². The first-order valence-corrected chi connectivity index (χ1v) is 8.77. The zero-order valence-corrected chi connectivity index (χ0v) is 12.9. The van der Waals surface area contributed by atoms with E-state index < -0.39 is 24.9 Å². The highest BCUT2D eigenvalue weighted by Gasteiger charge is 2.27. The number of hydrogen-bond acceptors (Lipinski definition) is 5. The highest BCUT2D eigenvalue weighted by Crippen LogP contribution is 2.22. The Morgan fingerprint density at radius 2 is 1.70 bits per heavy atom. The van der Waals surface area contributed by atoms with Crippen molar-refractivity contribution >= 4 is 20.0 Å². The van der Waals surface area contributed by atoms with Gasteiger partial charge in [-0.3, -0.25) is 0 Å². The average molecular weight is 322 g/mol.